The van der Waals surface area contributed by atoms with E-state index in [1.165, 1.54) is 7.11 Å². The second-order valence-corrected chi connectivity index (χ2v) is 14.6. The highest BCUT2D eigenvalue weighted by molar-refractivity contribution is 6.74. The molecule has 0 saturated heterocycles. The lowest BCUT2D eigenvalue weighted by atomic mass is 10.0. The molecule has 0 bridgehead atoms. The quantitative estimate of drug-likeness (QED) is 0.271. The van der Waals surface area contributed by atoms with E-state index in [-0.39, 0.29) is 22.9 Å². The second-order valence-electron chi connectivity index (χ2n) is 9.35. The molecule has 0 radical (unpaired) electrons. The maximum atomic E-state index is 13.4. The largest absolute Gasteiger partial charge is 0.469 e. The molecule has 0 atom stereocenters. The number of nitrogens with one attached hydrogen (secondary N) is 1. The minimum absolute atomic E-state index is 0.0495. The van der Waals surface area contributed by atoms with Crippen LogP contribution in [0.1, 0.15) is 48.1 Å². The Morgan fingerprint density at radius 1 is 1.16 bits per heavy atom. The average Bonchev–Trinajstić information content (AvgIpc) is 3.08. The van der Waals surface area contributed by atoms with E-state index in [0.717, 1.165) is 5.56 Å². The molecule has 0 aliphatic carbocycles. The molecule has 1 aromatic carbocycles. The Kier molecular flexibility index (Phi) is 6.93. The third kappa shape index (κ3) is 5.11. The van der Waals surface area contributed by atoms with E-state index in [9.17, 15) is 9.59 Å². The van der Waals surface area contributed by atoms with Gasteiger partial charge in [-0.25, -0.2) is 0 Å². The highest BCUT2D eigenvalue weighted by atomic mass is 35.5. The van der Waals surface area contributed by atoms with Gasteiger partial charge in [0, 0.05) is 27.7 Å². The number of carbonyl (C=O) groups excluding carboxylic acids is 2. The Morgan fingerprint density at radius 2 is 1.88 bits per heavy atom. The number of carbonyl (C=O) groups is 2. The number of fused-ring (bicyclic) bond motifs is 1. The van der Waals surface area contributed by atoms with Crippen LogP contribution in [0.3, 0.4) is 0 Å². The molecule has 2 heterocycles. The van der Waals surface area contributed by atoms with Gasteiger partial charge in [0.05, 0.1) is 25.8 Å². The number of esters is 1. The number of H-pyrrole nitrogens is 1. The molecule has 3 rings (SSSR count). The molecule has 8 heteroatoms. The van der Waals surface area contributed by atoms with Crippen LogP contribution in [0, 0.1) is 0 Å². The number of hydrogen-bond acceptors (Lipinski definition) is 5. The molecule has 0 fully saturated rings. The summed E-state index contributed by atoms with van der Waals surface area (Å²) in [6.07, 6.45) is 1.56. The molecular formula is C24H29ClN2O4Si. The van der Waals surface area contributed by atoms with Gasteiger partial charge >= 0.3 is 5.97 Å². The van der Waals surface area contributed by atoms with E-state index in [1.54, 1.807) is 30.5 Å². The number of rotatable bonds is 7. The first-order valence-corrected chi connectivity index (χ1v) is 13.7. The fraction of sp³-hybridized carbons (Fsp3) is 0.375. The van der Waals surface area contributed by atoms with Crippen LogP contribution in [0.2, 0.25) is 23.2 Å². The summed E-state index contributed by atoms with van der Waals surface area (Å²) in [5.41, 5.74) is 2.73. The number of halogens is 1. The van der Waals surface area contributed by atoms with E-state index in [2.05, 4.69) is 43.8 Å². The van der Waals surface area contributed by atoms with Gasteiger partial charge < -0.3 is 14.1 Å². The summed E-state index contributed by atoms with van der Waals surface area (Å²) >= 11 is 6.15. The van der Waals surface area contributed by atoms with Gasteiger partial charge in [-0.1, -0.05) is 32.4 Å². The lowest BCUT2D eigenvalue weighted by Gasteiger charge is -2.36. The summed E-state index contributed by atoms with van der Waals surface area (Å²) in [5.74, 6) is -0.741. The normalized spacial score (nSPS) is 12.2. The van der Waals surface area contributed by atoms with Gasteiger partial charge in [-0.15, -0.1) is 0 Å². The first-order valence-electron chi connectivity index (χ1n) is 10.4. The summed E-state index contributed by atoms with van der Waals surface area (Å²) in [6.45, 7) is 11.4. The molecule has 0 unspecified atom stereocenters. The van der Waals surface area contributed by atoms with E-state index in [1.807, 2.05) is 6.07 Å². The summed E-state index contributed by atoms with van der Waals surface area (Å²) in [7, 11) is -0.612. The van der Waals surface area contributed by atoms with Crippen molar-refractivity contribution in [1.29, 1.82) is 0 Å². The average molecular weight is 473 g/mol. The lowest BCUT2D eigenvalue weighted by Crippen LogP contribution is -2.40. The van der Waals surface area contributed by atoms with E-state index in [0.29, 0.717) is 33.8 Å². The van der Waals surface area contributed by atoms with Gasteiger partial charge in [0.25, 0.3) is 0 Å². The summed E-state index contributed by atoms with van der Waals surface area (Å²) in [5, 5.41) is 1.32. The van der Waals surface area contributed by atoms with Gasteiger partial charge in [-0.05, 0) is 54.0 Å². The minimum atomic E-state index is -1.93. The molecule has 0 saturated carbocycles. The fourth-order valence-electron chi connectivity index (χ4n) is 3.11. The Hall–Kier alpha value is -2.48. The molecule has 0 aliphatic heterocycles. The zero-order valence-electron chi connectivity index (χ0n) is 19.3. The van der Waals surface area contributed by atoms with Crippen LogP contribution in [-0.2, 0) is 27.0 Å². The fourth-order valence-corrected chi connectivity index (χ4v) is 4.24. The number of methoxy groups -OCH3 is 1. The van der Waals surface area contributed by atoms with Crippen molar-refractivity contribution in [2.24, 2.45) is 0 Å². The summed E-state index contributed by atoms with van der Waals surface area (Å²) in [4.78, 5) is 32.8. The number of nitrogens with zero attached hydrogens (tertiary/aromatic N) is 1. The first-order chi connectivity index (χ1) is 14.9. The Balaban J connectivity index is 1.95. The third-order valence-electron chi connectivity index (χ3n) is 6.11. The molecule has 3 aromatic rings. The van der Waals surface area contributed by atoms with Crippen molar-refractivity contribution in [1.82, 2.24) is 9.97 Å². The topological polar surface area (TPSA) is 81.3 Å². The van der Waals surface area contributed by atoms with Gasteiger partial charge in [0.1, 0.15) is 5.69 Å². The number of ether oxygens (including phenoxy) is 1. The van der Waals surface area contributed by atoms with Gasteiger partial charge in [-0.2, -0.15) is 0 Å². The van der Waals surface area contributed by atoms with Gasteiger partial charge in [0.15, 0.2) is 8.32 Å². The standard InChI is InChI=1S/C24H29ClN2O4Si/c1-24(2,3)32(5,6)31-14-15-9-10-26-20(11-15)23(29)22-18(13-21(28)30-4)17-12-16(25)7-8-19(17)27-22/h7-12,27H,13-14H2,1-6H3. The molecule has 0 aliphatic rings. The molecule has 170 valence electrons. The molecule has 1 N–H and O–H groups in total. The van der Waals surface area contributed by atoms with Crippen molar-refractivity contribution in [2.75, 3.05) is 7.11 Å². The molecular weight excluding hydrogens is 444 g/mol. The van der Waals surface area contributed by atoms with Crippen LogP contribution in [0.25, 0.3) is 10.9 Å². The van der Waals surface area contributed by atoms with Crippen molar-refractivity contribution in [3.05, 3.63) is 64.1 Å². The maximum absolute atomic E-state index is 13.4. The van der Waals surface area contributed by atoms with Crippen molar-refractivity contribution in [2.45, 2.75) is 51.9 Å². The monoisotopic (exact) mass is 472 g/mol. The third-order valence-corrected chi connectivity index (χ3v) is 10.8. The first kappa shape index (κ1) is 24.2. The highest BCUT2D eigenvalue weighted by Gasteiger charge is 2.37. The van der Waals surface area contributed by atoms with Crippen LogP contribution in [0.15, 0.2) is 36.5 Å². The van der Waals surface area contributed by atoms with Gasteiger partial charge in [0.2, 0.25) is 5.78 Å². The number of pyridine rings is 1. The maximum Gasteiger partial charge on any atom is 0.310 e. The zero-order valence-corrected chi connectivity index (χ0v) is 21.1. The SMILES string of the molecule is COC(=O)Cc1c(C(=O)c2cc(CO[Si](C)(C)C(C)(C)C)ccn2)[nH]c2ccc(Cl)cc12. The van der Waals surface area contributed by atoms with Crippen molar-refractivity contribution in [3.63, 3.8) is 0 Å². The molecule has 0 amide bonds. The molecule has 6 nitrogen and oxygen atoms in total. The van der Waals surface area contributed by atoms with Crippen molar-refractivity contribution < 1.29 is 18.8 Å². The van der Waals surface area contributed by atoms with Crippen molar-refractivity contribution >= 4 is 42.6 Å². The number of aromatic nitrogens is 2. The summed E-state index contributed by atoms with van der Waals surface area (Å²) < 4.78 is 11.1. The Morgan fingerprint density at radius 3 is 2.53 bits per heavy atom. The number of ketones is 1. The van der Waals surface area contributed by atoms with E-state index < -0.39 is 14.3 Å². The van der Waals surface area contributed by atoms with Crippen LogP contribution in [0.5, 0.6) is 0 Å². The van der Waals surface area contributed by atoms with E-state index in [4.69, 9.17) is 20.8 Å². The number of aromatic amines is 1. The molecule has 32 heavy (non-hydrogen) atoms. The highest BCUT2D eigenvalue weighted by Crippen LogP contribution is 2.37. The second kappa shape index (κ2) is 9.17. The van der Waals surface area contributed by atoms with Gasteiger partial charge in [-0.3, -0.25) is 14.6 Å². The molecule has 2 aromatic heterocycles. The molecule has 0 spiro atoms. The minimum Gasteiger partial charge on any atom is -0.469 e. The smallest absolute Gasteiger partial charge is 0.310 e. The lowest BCUT2D eigenvalue weighted by molar-refractivity contribution is -0.139. The number of hydrogen-bond donors (Lipinski definition) is 1. The van der Waals surface area contributed by atoms with Crippen LogP contribution in [0.4, 0.5) is 0 Å². The summed E-state index contributed by atoms with van der Waals surface area (Å²) in [6, 6.07) is 8.85. The predicted octanol–water partition coefficient (Wildman–Crippen LogP) is 5.68. The Labute approximate surface area is 194 Å². The van der Waals surface area contributed by atoms with Crippen LogP contribution in [-0.4, -0.2) is 37.1 Å². The van der Waals surface area contributed by atoms with E-state index >= 15 is 0 Å². The van der Waals surface area contributed by atoms with Crippen LogP contribution < -0.4 is 0 Å². The predicted molar refractivity (Wildman–Crippen MR) is 129 cm³/mol. The Bertz CT molecular complexity index is 1160. The number of benzene rings is 1. The van der Waals surface area contributed by atoms with Crippen LogP contribution >= 0.6 is 11.6 Å². The van der Waals surface area contributed by atoms with Crippen molar-refractivity contribution in [3.8, 4) is 0 Å². The zero-order chi connectivity index (χ0) is 23.7.